The smallest absolute Gasteiger partial charge is 0.342 e. The second-order valence-corrected chi connectivity index (χ2v) is 5.00. The van der Waals surface area contributed by atoms with Gasteiger partial charge in [0.15, 0.2) is 0 Å². The van der Waals surface area contributed by atoms with Crippen LogP contribution in [-0.4, -0.2) is 21.8 Å². The molecular weight excluding hydrogens is 244 g/mol. The molecule has 0 aliphatic rings. The Morgan fingerprint density at radius 1 is 1.41 bits per heavy atom. The highest BCUT2D eigenvalue weighted by Crippen LogP contribution is 2.31. The van der Waals surface area contributed by atoms with Gasteiger partial charge in [0, 0.05) is 0 Å². The minimum atomic E-state index is -0.707. The van der Waals surface area contributed by atoms with Crippen molar-refractivity contribution in [3.05, 3.63) is 28.3 Å². The summed E-state index contributed by atoms with van der Waals surface area (Å²) in [7, 11) is 0. The van der Waals surface area contributed by atoms with Gasteiger partial charge in [-0.15, -0.1) is 0 Å². The van der Waals surface area contributed by atoms with Crippen LogP contribution >= 0.6 is 11.6 Å². The highest BCUT2D eigenvalue weighted by atomic mass is 35.5. The Bertz CT molecular complexity index is 435. The van der Waals surface area contributed by atoms with Crippen LogP contribution < -0.4 is 0 Å². The molecule has 4 nitrogen and oxygen atoms in total. The number of aliphatic hydroxyl groups excluding tert-OH is 1. The normalized spacial score (nSPS) is 11.4. The van der Waals surface area contributed by atoms with Gasteiger partial charge in [-0.1, -0.05) is 17.7 Å². The molecule has 17 heavy (non-hydrogen) atoms. The Balaban J connectivity index is 3.20. The fraction of sp³-hybridized carbons (Fsp3) is 0.417. The first kappa shape index (κ1) is 13.8. The number of ether oxygens (including phenoxy) is 1. The van der Waals surface area contributed by atoms with Crippen LogP contribution in [0.25, 0.3) is 0 Å². The number of phenols is 1. The van der Waals surface area contributed by atoms with Gasteiger partial charge in [-0.05, 0) is 32.4 Å². The molecule has 0 aliphatic carbocycles. The van der Waals surface area contributed by atoms with Crippen molar-refractivity contribution in [2.24, 2.45) is 0 Å². The lowest BCUT2D eigenvalue weighted by atomic mass is 10.1. The van der Waals surface area contributed by atoms with Crippen molar-refractivity contribution < 1.29 is 19.7 Å². The summed E-state index contributed by atoms with van der Waals surface area (Å²) in [5.41, 5.74) is -0.491. The molecule has 0 aliphatic heterocycles. The van der Waals surface area contributed by atoms with Crippen LogP contribution in [-0.2, 0) is 11.3 Å². The van der Waals surface area contributed by atoms with E-state index < -0.39 is 11.6 Å². The number of esters is 1. The topological polar surface area (TPSA) is 66.8 Å². The molecule has 0 saturated carbocycles. The number of hydrogen-bond acceptors (Lipinski definition) is 4. The predicted octanol–water partition coefficient (Wildman–Crippen LogP) is 2.49. The number of benzene rings is 1. The monoisotopic (exact) mass is 258 g/mol. The molecule has 0 spiro atoms. The van der Waals surface area contributed by atoms with Crippen molar-refractivity contribution in [3.8, 4) is 5.75 Å². The number of aliphatic hydroxyl groups is 1. The van der Waals surface area contributed by atoms with Crippen molar-refractivity contribution >= 4 is 17.6 Å². The van der Waals surface area contributed by atoms with E-state index in [2.05, 4.69) is 0 Å². The number of hydrogen-bond donors (Lipinski definition) is 2. The molecule has 0 saturated heterocycles. The third-order valence-corrected chi connectivity index (χ3v) is 2.29. The molecule has 0 radical (unpaired) electrons. The maximum absolute atomic E-state index is 11.9. The van der Waals surface area contributed by atoms with Gasteiger partial charge in [0.05, 0.1) is 11.6 Å². The van der Waals surface area contributed by atoms with Crippen LogP contribution in [0, 0.1) is 0 Å². The lowest BCUT2D eigenvalue weighted by Crippen LogP contribution is -2.24. The molecule has 0 bridgehead atoms. The van der Waals surface area contributed by atoms with E-state index in [-0.39, 0.29) is 28.5 Å². The lowest BCUT2D eigenvalue weighted by molar-refractivity contribution is 0.00637. The Labute approximate surface area is 105 Å². The minimum Gasteiger partial charge on any atom is -0.505 e. The van der Waals surface area contributed by atoms with Crippen LogP contribution in [0.3, 0.4) is 0 Å². The lowest BCUT2D eigenvalue weighted by Gasteiger charge is -2.21. The van der Waals surface area contributed by atoms with E-state index in [9.17, 15) is 9.90 Å². The summed E-state index contributed by atoms with van der Waals surface area (Å²) < 4.78 is 5.13. The van der Waals surface area contributed by atoms with Crippen molar-refractivity contribution in [1.82, 2.24) is 0 Å². The summed E-state index contributed by atoms with van der Waals surface area (Å²) in [6, 6.07) is 2.89. The zero-order valence-corrected chi connectivity index (χ0v) is 10.7. The van der Waals surface area contributed by atoms with Gasteiger partial charge in [-0.25, -0.2) is 4.79 Å². The molecule has 0 heterocycles. The molecule has 0 fully saturated rings. The average molecular weight is 259 g/mol. The largest absolute Gasteiger partial charge is 0.505 e. The number of aromatic hydroxyl groups is 1. The van der Waals surface area contributed by atoms with Crippen LogP contribution in [0.5, 0.6) is 5.75 Å². The summed E-state index contributed by atoms with van der Waals surface area (Å²) in [6.07, 6.45) is 0. The molecule has 5 heteroatoms. The standard InChI is InChI=1S/C12H15ClO4/c1-12(2,3)17-11(16)9-7(6-14)4-5-8(13)10(9)15/h4-5,14-15H,6H2,1-3H3. The second-order valence-electron chi connectivity index (χ2n) is 4.59. The fourth-order valence-electron chi connectivity index (χ4n) is 1.30. The van der Waals surface area contributed by atoms with Gasteiger partial charge in [0.1, 0.15) is 16.9 Å². The summed E-state index contributed by atoms with van der Waals surface area (Å²) in [6.45, 7) is 4.76. The van der Waals surface area contributed by atoms with E-state index in [1.54, 1.807) is 20.8 Å². The van der Waals surface area contributed by atoms with Gasteiger partial charge >= 0.3 is 5.97 Å². The van der Waals surface area contributed by atoms with E-state index >= 15 is 0 Å². The van der Waals surface area contributed by atoms with Crippen LogP contribution in [0.1, 0.15) is 36.7 Å². The van der Waals surface area contributed by atoms with E-state index in [0.29, 0.717) is 0 Å². The van der Waals surface area contributed by atoms with Gasteiger partial charge in [-0.2, -0.15) is 0 Å². The Morgan fingerprint density at radius 3 is 2.47 bits per heavy atom. The molecular formula is C12H15ClO4. The molecule has 1 aromatic carbocycles. The zero-order chi connectivity index (χ0) is 13.2. The maximum Gasteiger partial charge on any atom is 0.342 e. The van der Waals surface area contributed by atoms with Gasteiger partial charge in [-0.3, -0.25) is 0 Å². The molecule has 1 rings (SSSR count). The summed E-state index contributed by atoms with van der Waals surface area (Å²) in [5.74, 6) is -1.07. The second kappa shape index (κ2) is 4.94. The maximum atomic E-state index is 11.9. The highest BCUT2D eigenvalue weighted by Gasteiger charge is 2.24. The molecule has 0 amide bonds. The first-order valence-corrected chi connectivity index (χ1v) is 5.48. The zero-order valence-electron chi connectivity index (χ0n) is 9.95. The Kier molecular flexibility index (Phi) is 4.01. The van der Waals surface area contributed by atoms with Crippen LogP contribution in [0.4, 0.5) is 0 Å². The third kappa shape index (κ3) is 3.35. The quantitative estimate of drug-likeness (QED) is 0.800. The van der Waals surface area contributed by atoms with Gasteiger partial charge in [0.25, 0.3) is 0 Å². The SMILES string of the molecule is CC(C)(C)OC(=O)c1c(CO)ccc(Cl)c1O. The van der Waals surface area contributed by atoms with Crippen molar-refractivity contribution in [2.75, 3.05) is 0 Å². The molecule has 0 aromatic heterocycles. The number of phenolic OH excluding ortho intramolecular Hbond substituents is 1. The summed E-state index contributed by atoms with van der Waals surface area (Å²) >= 11 is 5.72. The van der Waals surface area contributed by atoms with E-state index in [4.69, 9.17) is 21.4 Å². The Hall–Kier alpha value is -1.26. The van der Waals surface area contributed by atoms with E-state index in [1.165, 1.54) is 12.1 Å². The predicted molar refractivity (Wildman–Crippen MR) is 64.2 cm³/mol. The van der Waals surface area contributed by atoms with Crippen molar-refractivity contribution in [1.29, 1.82) is 0 Å². The molecule has 1 aromatic rings. The summed E-state index contributed by atoms with van der Waals surface area (Å²) in [4.78, 5) is 11.9. The van der Waals surface area contributed by atoms with Crippen LogP contribution in [0.15, 0.2) is 12.1 Å². The van der Waals surface area contributed by atoms with Gasteiger partial charge in [0.2, 0.25) is 0 Å². The number of halogens is 1. The van der Waals surface area contributed by atoms with E-state index in [1.807, 2.05) is 0 Å². The van der Waals surface area contributed by atoms with E-state index in [0.717, 1.165) is 0 Å². The molecule has 0 unspecified atom stereocenters. The van der Waals surface area contributed by atoms with Gasteiger partial charge < -0.3 is 14.9 Å². The number of carbonyl (C=O) groups excluding carboxylic acids is 1. The molecule has 94 valence electrons. The molecule has 0 atom stereocenters. The first-order valence-electron chi connectivity index (χ1n) is 5.11. The third-order valence-electron chi connectivity index (χ3n) is 1.99. The fourth-order valence-corrected chi connectivity index (χ4v) is 1.45. The summed E-state index contributed by atoms with van der Waals surface area (Å²) in [5, 5.41) is 18.9. The highest BCUT2D eigenvalue weighted by molar-refractivity contribution is 6.32. The van der Waals surface area contributed by atoms with Crippen molar-refractivity contribution in [2.45, 2.75) is 33.0 Å². The average Bonchev–Trinajstić information content (AvgIpc) is 2.19. The van der Waals surface area contributed by atoms with Crippen LogP contribution in [0.2, 0.25) is 5.02 Å². The first-order chi connectivity index (χ1) is 7.76. The minimum absolute atomic E-state index is 0.0445. The van der Waals surface area contributed by atoms with Crippen molar-refractivity contribution in [3.63, 3.8) is 0 Å². The molecule has 2 N–H and O–H groups in total. The Morgan fingerprint density at radius 2 is 2.00 bits per heavy atom. The number of carbonyl (C=O) groups is 1. The number of rotatable bonds is 2.